The first kappa shape index (κ1) is 12.5. The van der Waals surface area contributed by atoms with Crippen LogP contribution in [0.5, 0.6) is 0 Å². The van der Waals surface area contributed by atoms with Crippen molar-refractivity contribution in [3.8, 4) is 0 Å². The first-order valence-corrected chi connectivity index (χ1v) is 5.69. The molecule has 0 spiro atoms. The van der Waals surface area contributed by atoms with Gasteiger partial charge in [-0.05, 0) is 44.5 Å². The lowest BCUT2D eigenvalue weighted by Crippen LogP contribution is -2.32. The van der Waals surface area contributed by atoms with E-state index < -0.39 is 0 Å². The average Bonchev–Trinajstić information content (AvgIpc) is 2.45. The molecule has 1 aliphatic rings. The summed E-state index contributed by atoms with van der Waals surface area (Å²) in [5, 5.41) is 0. The van der Waals surface area contributed by atoms with Crippen molar-refractivity contribution in [3.05, 3.63) is 24.3 Å². The largest absolute Gasteiger partial charge is 0.366 e. The molecule has 0 aromatic rings. The molecule has 1 saturated heterocycles. The van der Waals surface area contributed by atoms with Gasteiger partial charge in [-0.15, -0.1) is 0 Å². The van der Waals surface area contributed by atoms with Crippen molar-refractivity contribution in [2.24, 2.45) is 0 Å². The minimum atomic E-state index is -0.181. The van der Waals surface area contributed by atoms with Gasteiger partial charge in [0.1, 0.15) is 0 Å². The second kappa shape index (κ2) is 4.95. The van der Waals surface area contributed by atoms with Gasteiger partial charge >= 0.3 is 0 Å². The van der Waals surface area contributed by atoms with Gasteiger partial charge in [-0.3, -0.25) is 0 Å². The Morgan fingerprint density at radius 3 is 2.53 bits per heavy atom. The number of hydrogen-bond donors (Lipinski definition) is 0. The van der Waals surface area contributed by atoms with E-state index in [1.165, 1.54) is 6.42 Å². The van der Waals surface area contributed by atoms with E-state index in [1.807, 2.05) is 0 Å². The van der Waals surface area contributed by atoms with Crippen LogP contribution >= 0.6 is 0 Å². The molecular formula is C13H23NO. The molecule has 0 N–H and O–H groups in total. The summed E-state index contributed by atoms with van der Waals surface area (Å²) < 4.78 is 5.77. The highest BCUT2D eigenvalue weighted by molar-refractivity contribution is 5.37. The Labute approximate surface area is 93.6 Å². The fraction of sp³-hybridized carbons (Fsp3) is 0.692. The first-order valence-electron chi connectivity index (χ1n) is 5.69. The molecule has 2 nitrogen and oxygen atoms in total. The van der Waals surface area contributed by atoms with Crippen molar-refractivity contribution >= 4 is 0 Å². The standard InChI is InChI=1S/C13H23NO/c1-6-8-14(5)9-7-13(4)12(3)11(2)10-15-13/h2-3,6-10H2,1,4-5H3. The van der Waals surface area contributed by atoms with Gasteiger partial charge in [0, 0.05) is 6.54 Å². The van der Waals surface area contributed by atoms with Gasteiger partial charge < -0.3 is 9.64 Å². The zero-order valence-corrected chi connectivity index (χ0v) is 10.3. The summed E-state index contributed by atoms with van der Waals surface area (Å²) in [6.07, 6.45) is 2.20. The van der Waals surface area contributed by atoms with Crippen molar-refractivity contribution in [2.45, 2.75) is 32.3 Å². The Kier molecular flexibility index (Phi) is 4.12. The molecule has 0 saturated carbocycles. The van der Waals surface area contributed by atoms with E-state index in [2.05, 4.69) is 39.0 Å². The summed E-state index contributed by atoms with van der Waals surface area (Å²) in [4.78, 5) is 2.34. The maximum absolute atomic E-state index is 5.77. The van der Waals surface area contributed by atoms with Crippen molar-refractivity contribution in [2.75, 3.05) is 26.7 Å². The molecule has 2 heteroatoms. The Bertz CT molecular complexity index is 259. The Hall–Kier alpha value is -0.600. The van der Waals surface area contributed by atoms with E-state index in [1.54, 1.807) is 0 Å². The minimum Gasteiger partial charge on any atom is -0.366 e. The van der Waals surface area contributed by atoms with Crippen LogP contribution in [0.3, 0.4) is 0 Å². The van der Waals surface area contributed by atoms with Crippen LogP contribution < -0.4 is 0 Å². The van der Waals surface area contributed by atoms with Gasteiger partial charge in [0.15, 0.2) is 0 Å². The predicted octanol–water partition coefficient (Wildman–Crippen LogP) is 2.62. The third kappa shape index (κ3) is 2.93. The molecule has 1 aliphatic heterocycles. The fourth-order valence-corrected chi connectivity index (χ4v) is 1.92. The van der Waals surface area contributed by atoms with Crippen LogP contribution in [0.25, 0.3) is 0 Å². The molecule has 0 bridgehead atoms. The molecule has 1 rings (SSSR count). The molecule has 1 heterocycles. The summed E-state index contributed by atoms with van der Waals surface area (Å²) in [6, 6.07) is 0. The Balaban J connectivity index is 2.44. The molecule has 0 aromatic heterocycles. The summed E-state index contributed by atoms with van der Waals surface area (Å²) in [7, 11) is 2.15. The molecule has 15 heavy (non-hydrogen) atoms. The van der Waals surface area contributed by atoms with Crippen LogP contribution in [0, 0.1) is 0 Å². The summed E-state index contributed by atoms with van der Waals surface area (Å²) >= 11 is 0. The first-order chi connectivity index (χ1) is 6.99. The summed E-state index contributed by atoms with van der Waals surface area (Å²) in [5.41, 5.74) is 1.95. The second-order valence-corrected chi connectivity index (χ2v) is 4.65. The zero-order valence-electron chi connectivity index (χ0n) is 10.3. The summed E-state index contributed by atoms with van der Waals surface area (Å²) in [5.74, 6) is 0. The number of nitrogens with zero attached hydrogens (tertiary/aromatic N) is 1. The lowest BCUT2D eigenvalue weighted by molar-refractivity contribution is 0.0292. The summed E-state index contributed by atoms with van der Waals surface area (Å²) in [6.45, 7) is 15.2. The Morgan fingerprint density at radius 1 is 1.40 bits per heavy atom. The quantitative estimate of drug-likeness (QED) is 0.690. The molecular weight excluding hydrogens is 186 g/mol. The predicted molar refractivity (Wildman–Crippen MR) is 65.0 cm³/mol. The van der Waals surface area contributed by atoms with E-state index in [-0.39, 0.29) is 5.60 Å². The van der Waals surface area contributed by atoms with Crippen LogP contribution in [-0.2, 0) is 4.74 Å². The van der Waals surface area contributed by atoms with Crippen LogP contribution in [0.4, 0.5) is 0 Å². The number of hydrogen-bond acceptors (Lipinski definition) is 2. The van der Waals surface area contributed by atoms with E-state index in [9.17, 15) is 0 Å². The number of ether oxygens (including phenoxy) is 1. The highest BCUT2D eigenvalue weighted by Gasteiger charge is 2.35. The molecule has 1 atom stereocenters. The van der Waals surface area contributed by atoms with Crippen molar-refractivity contribution < 1.29 is 4.74 Å². The van der Waals surface area contributed by atoms with Gasteiger partial charge in [0.2, 0.25) is 0 Å². The van der Waals surface area contributed by atoms with E-state index >= 15 is 0 Å². The SMILES string of the molecule is C=C1COC(C)(CCN(C)CCC)C1=C. The lowest BCUT2D eigenvalue weighted by Gasteiger charge is -2.27. The molecule has 0 amide bonds. The van der Waals surface area contributed by atoms with Gasteiger partial charge in [-0.25, -0.2) is 0 Å². The Morgan fingerprint density at radius 2 is 2.07 bits per heavy atom. The third-order valence-electron chi connectivity index (χ3n) is 3.21. The molecule has 1 unspecified atom stereocenters. The van der Waals surface area contributed by atoms with Gasteiger partial charge in [-0.1, -0.05) is 20.1 Å². The molecule has 86 valence electrons. The van der Waals surface area contributed by atoms with E-state index in [0.717, 1.165) is 30.7 Å². The topological polar surface area (TPSA) is 12.5 Å². The van der Waals surface area contributed by atoms with Crippen LogP contribution in [0.2, 0.25) is 0 Å². The molecule has 0 radical (unpaired) electrons. The van der Waals surface area contributed by atoms with Crippen molar-refractivity contribution in [3.63, 3.8) is 0 Å². The normalized spacial score (nSPS) is 26.7. The van der Waals surface area contributed by atoms with Gasteiger partial charge in [0.25, 0.3) is 0 Å². The molecule has 1 fully saturated rings. The van der Waals surface area contributed by atoms with E-state index in [0.29, 0.717) is 6.61 Å². The third-order valence-corrected chi connectivity index (χ3v) is 3.21. The molecule has 0 aromatic carbocycles. The van der Waals surface area contributed by atoms with Gasteiger partial charge in [-0.2, -0.15) is 0 Å². The van der Waals surface area contributed by atoms with Crippen LogP contribution in [0.15, 0.2) is 24.3 Å². The van der Waals surface area contributed by atoms with Crippen LogP contribution in [0.1, 0.15) is 26.7 Å². The maximum atomic E-state index is 5.77. The monoisotopic (exact) mass is 209 g/mol. The fourth-order valence-electron chi connectivity index (χ4n) is 1.92. The van der Waals surface area contributed by atoms with Crippen molar-refractivity contribution in [1.82, 2.24) is 4.90 Å². The highest BCUT2D eigenvalue weighted by Crippen LogP contribution is 2.35. The van der Waals surface area contributed by atoms with Gasteiger partial charge in [0.05, 0.1) is 12.2 Å². The smallest absolute Gasteiger partial charge is 0.0917 e. The van der Waals surface area contributed by atoms with Crippen LogP contribution in [-0.4, -0.2) is 37.2 Å². The van der Waals surface area contributed by atoms with E-state index in [4.69, 9.17) is 4.74 Å². The number of rotatable bonds is 5. The molecule has 0 aliphatic carbocycles. The average molecular weight is 209 g/mol. The lowest BCUT2D eigenvalue weighted by atomic mass is 9.91. The van der Waals surface area contributed by atoms with Crippen molar-refractivity contribution in [1.29, 1.82) is 0 Å². The second-order valence-electron chi connectivity index (χ2n) is 4.65. The minimum absolute atomic E-state index is 0.181. The highest BCUT2D eigenvalue weighted by atomic mass is 16.5. The maximum Gasteiger partial charge on any atom is 0.0917 e. The zero-order chi connectivity index (χ0) is 11.5.